The molecule has 0 bridgehead atoms. The van der Waals surface area contributed by atoms with Gasteiger partial charge in [0, 0.05) is 13.1 Å². The lowest BCUT2D eigenvalue weighted by molar-refractivity contribution is 0.0145. The zero-order valence-electron chi connectivity index (χ0n) is 10.0. The van der Waals surface area contributed by atoms with Gasteiger partial charge in [-0.2, -0.15) is 0 Å². The van der Waals surface area contributed by atoms with E-state index in [1.165, 1.54) is 18.4 Å². The molecular weight excluding hydrogens is 198 g/mol. The number of likely N-dealkylation sites (N-methyl/N-ethyl adjacent to an activating group) is 1. The van der Waals surface area contributed by atoms with Crippen LogP contribution in [0.3, 0.4) is 0 Å². The second-order valence-corrected chi connectivity index (χ2v) is 5.09. The SMILES string of the molecule is CN(Cc1ccccc1)CC1(O)CCCC1. The minimum atomic E-state index is -0.427. The van der Waals surface area contributed by atoms with Gasteiger partial charge >= 0.3 is 0 Å². The monoisotopic (exact) mass is 219 g/mol. The van der Waals surface area contributed by atoms with E-state index in [4.69, 9.17) is 0 Å². The maximum Gasteiger partial charge on any atom is 0.0774 e. The molecule has 0 atom stereocenters. The number of benzene rings is 1. The lowest BCUT2D eigenvalue weighted by Crippen LogP contribution is -2.38. The number of rotatable bonds is 4. The van der Waals surface area contributed by atoms with E-state index in [1.807, 2.05) is 6.07 Å². The topological polar surface area (TPSA) is 23.5 Å². The highest BCUT2D eigenvalue weighted by molar-refractivity contribution is 5.14. The molecule has 0 unspecified atom stereocenters. The van der Waals surface area contributed by atoms with Gasteiger partial charge in [0.25, 0.3) is 0 Å². The average molecular weight is 219 g/mol. The minimum Gasteiger partial charge on any atom is -0.389 e. The third-order valence-corrected chi connectivity index (χ3v) is 3.39. The van der Waals surface area contributed by atoms with Gasteiger partial charge in [-0.3, -0.25) is 4.90 Å². The van der Waals surface area contributed by atoms with Crippen molar-refractivity contribution < 1.29 is 5.11 Å². The molecule has 0 spiro atoms. The molecule has 0 aromatic heterocycles. The van der Waals surface area contributed by atoms with Gasteiger partial charge in [-0.25, -0.2) is 0 Å². The fraction of sp³-hybridized carbons (Fsp3) is 0.571. The summed E-state index contributed by atoms with van der Waals surface area (Å²) >= 11 is 0. The summed E-state index contributed by atoms with van der Waals surface area (Å²) in [6.07, 6.45) is 4.28. The molecular formula is C14H21NO. The number of aliphatic hydroxyl groups is 1. The Balaban J connectivity index is 1.86. The van der Waals surface area contributed by atoms with Gasteiger partial charge < -0.3 is 5.11 Å². The van der Waals surface area contributed by atoms with Crippen molar-refractivity contribution >= 4 is 0 Å². The van der Waals surface area contributed by atoms with Crippen LogP contribution in [-0.4, -0.2) is 29.2 Å². The molecule has 1 aromatic rings. The second-order valence-electron chi connectivity index (χ2n) is 5.09. The van der Waals surface area contributed by atoms with Crippen molar-refractivity contribution in [2.45, 2.75) is 37.8 Å². The van der Waals surface area contributed by atoms with Gasteiger partial charge in [0.2, 0.25) is 0 Å². The van der Waals surface area contributed by atoms with Crippen LogP contribution in [0.25, 0.3) is 0 Å². The first-order valence-corrected chi connectivity index (χ1v) is 6.13. The normalized spacial score (nSPS) is 19.2. The third kappa shape index (κ3) is 3.06. The fourth-order valence-corrected chi connectivity index (χ4v) is 2.64. The van der Waals surface area contributed by atoms with Crippen LogP contribution in [0.4, 0.5) is 0 Å². The quantitative estimate of drug-likeness (QED) is 0.840. The molecule has 0 heterocycles. The van der Waals surface area contributed by atoms with E-state index >= 15 is 0 Å². The fourth-order valence-electron chi connectivity index (χ4n) is 2.64. The van der Waals surface area contributed by atoms with Crippen LogP contribution in [0.1, 0.15) is 31.2 Å². The largest absolute Gasteiger partial charge is 0.389 e. The molecule has 1 saturated carbocycles. The van der Waals surface area contributed by atoms with Crippen molar-refractivity contribution in [1.29, 1.82) is 0 Å². The molecule has 2 rings (SSSR count). The summed E-state index contributed by atoms with van der Waals surface area (Å²) < 4.78 is 0. The van der Waals surface area contributed by atoms with E-state index in [1.54, 1.807) is 0 Å². The molecule has 2 heteroatoms. The Labute approximate surface area is 97.9 Å². The van der Waals surface area contributed by atoms with Crippen LogP contribution in [0, 0.1) is 0 Å². The summed E-state index contributed by atoms with van der Waals surface area (Å²) in [7, 11) is 2.09. The predicted octanol–water partition coefficient (Wildman–Crippen LogP) is 2.42. The number of nitrogens with zero attached hydrogens (tertiary/aromatic N) is 1. The summed E-state index contributed by atoms with van der Waals surface area (Å²) in [4.78, 5) is 2.22. The van der Waals surface area contributed by atoms with Gasteiger partial charge in [0.15, 0.2) is 0 Å². The van der Waals surface area contributed by atoms with Crippen LogP contribution in [0.2, 0.25) is 0 Å². The zero-order chi connectivity index (χ0) is 11.4. The third-order valence-electron chi connectivity index (χ3n) is 3.39. The number of hydrogen-bond acceptors (Lipinski definition) is 2. The van der Waals surface area contributed by atoms with Crippen molar-refractivity contribution in [2.24, 2.45) is 0 Å². The van der Waals surface area contributed by atoms with Crippen LogP contribution in [-0.2, 0) is 6.54 Å². The average Bonchev–Trinajstić information content (AvgIpc) is 2.66. The number of hydrogen-bond donors (Lipinski definition) is 1. The van der Waals surface area contributed by atoms with Crippen LogP contribution < -0.4 is 0 Å². The molecule has 1 aliphatic rings. The minimum absolute atomic E-state index is 0.427. The van der Waals surface area contributed by atoms with Gasteiger partial charge in [0.1, 0.15) is 0 Å². The molecule has 1 aromatic carbocycles. The van der Waals surface area contributed by atoms with E-state index < -0.39 is 5.60 Å². The molecule has 0 aliphatic heterocycles. The maximum atomic E-state index is 10.3. The molecule has 1 fully saturated rings. The van der Waals surface area contributed by atoms with Gasteiger partial charge in [0.05, 0.1) is 5.60 Å². The van der Waals surface area contributed by atoms with Gasteiger partial charge in [-0.05, 0) is 25.5 Å². The van der Waals surface area contributed by atoms with E-state index in [0.29, 0.717) is 0 Å². The first-order valence-electron chi connectivity index (χ1n) is 6.13. The lowest BCUT2D eigenvalue weighted by atomic mass is 10.0. The van der Waals surface area contributed by atoms with Crippen molar-refractivity contribution in [3.05, 3.63) is 35.9 Å². The summed E-state index contributed by atoms with van der Waals surface area (Å²) in [6.45, 7) is 1.71. The highest BCUT2D eigenvalue weighted by atomic mass is 16.3. The van der Waals surface area contributed by atoms with Crippen molar-refractivity contribution in [1.82, 2.24) is 4.90 Å². The Morgan fingerprint density at radius 2 is 1.81 bits per heavy atom. The van der Waals surface area contributed by atoms with E-state index in [2.05, 4.69) is 36.2 Å². The van der Waals surface area contributed by atoms with Crippen LogP contribution in [0.15, 0.2) is 30.3 Å². The Morgan fingerprint density at radius 3 is 2.44 bits per heavy atom. The lowest BCUT2D eigenvalue weighted by Gasteiger charge is -2.28. The Morgan fingerprint density at radius 1 is 1.19 bits per heavy atom. The summed E-state index contributed by atoms with van der Waals surface area (Å²) in [6, 6.07) is 10.4. The van der Waals surface area contributed by atoms with Crippen LogP contribution >= 0.6 is 0 Å². The van der Waals surface area contributed by atoms with E-state index in [-0.39, 0.29) is 0 Å². The molecule has 0 amide bonds. The second kappa shape index (κ2) is 4.98. The standard InChI is InChI=1S/C14H21NO/c1-15(11-13-7-3-2-4-8-13)12-14(16)9-5-6-10-14/h2-4,7-8,16H,5-6,9-12H2,1H3. The Bertz CT molecular complexity index is 317. The smallest absolute Gasteiger partial charge is 0.0774 e. The molecule has 1 aliphatic carbocycles. The van der Waals surface area contributed by atoms with E-state index in [9.17, 15) is 5.11 Å². The van der Waals surface area contributed by atoms with Gasteiger partial charge in [-0.15, -0.1) is 0 Å². The van der Waals surface area contributed by atoms with Crippen molar-refractivity contribution in [3.8, 4) is 0 Å². The molecule has 0 radical (unpaired) electrons. The highest BCUT2D eigenvalue weighted by Gasteiger charge is 2.31. The van der Waals surface area contributed by atoms with Crippen molar-refractivity contribution in [3.63, 3.8) is 0 Å². The molecule has 16 heavy (non-hydrogen) atoms. The Hall–Kier alpha value is -0.860. The highest BCUT2D eigenvalue weighted by Crippen LogP contribution is 2.30. The maximum absolute atomic E-state index is 10.3. The first kappa shape index (κ1) is 11.6. The van der Waals surface area contributed by atoms with Crippen LogP contribution in [0.5, 0.6) is 0 Å². The molecule has 88 valence electrons. The Kier molecular flexibility index (Phi) is 3.62. The molecule has 1 N–H and O–H groups in total. The summed E-state index contributed by atoms with van der Waals surface area (Å²) in [5, 5.41) is 10.3. The first-order chi connectivity index (χ1) is 7.68. The predicted molar refractivity (Wildman–Crippen MR) is 66.2 cm³/mol. The molecule has 2 nitrogen and oxygen atoms in total. The van der Waals surface area contributed by atoms with E-state index in [0.717, 1.165) is 25.9 Å². The van der Waals surface area contributed by atoms with Crippen molar-refractivity contribution in [2.75, 3.05) is 13.6 Å². The molecule has 0 saturated heterocycles. The summed E-state index contributed by atoms with van der Waals surface area (Å²) in [5.74, 6) is 0. The zero-order valence-corrected chi connectivity index (χ0v) is 10.0. The van der Waals surface area contributed by atoms with Gasteiger partial charge in [-0.1, -0.05) is 43.2 Å². The summed E-state index contributed by atoms with van der Waals surface area (Å²) in [5.41, 5.74) is 0.885.